The molecule has 3 rings (SSSR count). The Kier molecular flexibility index (Phi) is 10.3. The standard InChI is InChI=1S/C31H38N4O6S/c1-31(2,3)21-28(36)32-24-11-7-22(8-12-24)29(37)33-25-13-9-23(10-14-25)30(38)34-26-15-17-27(18-16-26)35(4,5)19-6-20-42(39,40)41/h7-18H,6,19-21H2,1-5H3,(H3-,32,33,34,36,37,38,39,40,41)/p+1. The van der Waals surface area contributed by atoms with Gasteiger partial charge in [-0.25, -0.2) is 0 Å². The van der Waals surface area contributed by atoms with Gasteiger partial charge in [0.2, 0.25) is 5.91 Å². The molecule has 3 amide bonds. The van der Waals surface area contributed by atoms with Gasteiger partial charge in [-0.3, -0.25) is 23.4 Å². The fourth-order valence-electron chi connectivity index (χ4n) is 4.22. The molecule has 0 aromatic heterocycles. The topological polar surface area (TPSA) is 142 Å². The lowest BCUT2D eigenvalue weighted by molar-refractivity contribution is -0.117. The zero-order valence-electron chi connectivity index (χ0n) is 24.6. The normalized spacial score (nSPS) is 12.0. The lowest BCUT2D eigenvalue weighted by Crippen LogP contribution is -2.41. The molecule has 224 valence electrons. The van der Waals surface area contributed by atoms with E-state index in [1.807, 2.05) is 47.0 Å². The molecule has 0 aliphatic carbocycles. The quantitative estimate of drug-likeness (QED) is 0.173. The first-order valence-electron chi connectivity index (χ1n) is 13.5. The average molecular weight is 596 g/mol. The summed E-state index contributed by atoms with van der Waals surface area (Å²) in [4.78, 5) is 37.6. The van der Waals surface area contributed by atoms with E-state index in [1.165, 1.54) is 0 Å². The van der Waals surface area contributed by atoms with Crippen molar-refractivity contribution in [1.82, 2.24) is 4.48 Å². The fraction of sp³-hybridized carbons (Fsp3) is 0.323. The molecule has 0 aliphatic rings. The summed E-state index contributed by atoms with van der Waals surface area (Å²) in [6, 6.07) is 20.4. The molecule has 0 atom stereocenters. The van der Waals surface area contributed by atoms with Crippen LogP contribution >= 0.6 is 0 Å². The summed E-state index contributed by atoms with van der Waals surface area (Å²) < 4.78 is 31.3. The van der Waals surface area contributed by atoms with Crippen molar-refractivity contribution in [3.8, 4) is 0 Å². The highest BCUT2D eigenvalue weighted by molar-refractivity contribution is 7.85. The Labute approximate surface area is 247 Å². The molecule has 0 saturated heterocycles. The maximum Gasteiger partial charge on any atom is 0.265 e. The summed E-state index contributed by atoms with van der Waals surface area (Å²) >= 11 is 0. The van der Waals surface area contributed by atoms with E-state index in [1.54, 1.807) is 60.7 Å². The lowest BCUT2D eigenvalue weighted by atomic mass is 9.92. The molecule has 0 saturated carbocycles. The second kappa shape index (κ2) is 13.3. The summed E-state index contributed by atoms with van der Waals surface area (Å²) in [6.07, 6.45) is 0.696. The van der Waals surface area contributed by atoms with Crippen molar-refractivity contribution in [1.29, 1.82) is 0 Å². The Morgan fingerprint density at radius 2 is 1.12 bits per heavy atom. The van der Waals surface area contributed by atoms with Crippen LogP contribution in [0.5, 0.6) is 0 Å². The van der Waals surface area contributed by atoms with E-state index in [2.05, 4.69) is 16.0 Å². The number of amides is 3. The van der Waals surface area contributed by atoms with Gasteiger partial charge < -0.3 is 16.0 Å². The van der Waals surface area contributed by atoms with Gasteiger partial charge in [0, 0.05) is 53.2 Å². The second-order valence-electron chi connectivity index (χ2n) is 11.9. The number of hydrogen-bond acceptors (Lipinski definition) is 5. The van der Waals surface area contributed by atoms with Crippen LogP contribution in [0.15, 0.2) is 72.8 Å². The zero-order chi connectivity index (χ0) is 31.1. The van der Waals surface area contributed by atoms with E-state index in [0.717, 1.165) is 5.69 Å². The van der Waals surface area contributed by atoms with Crippen molar-refractivity contribution in [3.05, 3.63) is 83.9 Å². The maximum absolute atomic E-state index is 12.8. The first-order chi connectivity index (χ1) is 19.5. The number of quaternary nitrogens is 1. The van der Waals surface area contributed by atoms with Gasteiger partial charge in [0.1, 0.15) is 5.69 Å². The van der Waals surface area contributed by atoms with Crippen molar-refractivity contribution < 1.29 is 27.4 Å². The third kappa shape index (κ3) is 10.4. The Morgan fingerprint density at radius 1 is 0.714 bits per heavy atom. The Balaban J connectivity index is 1.53. The van der Waals surface area contributed by atoms with Crippen molar-refractivity contribution in [2.24, 2.45) is 5.41 Å². The molecule has 0 unspecified atom stereocenters. The summed E-state index contributed by atoms with van der Waals surface area (Å²) in [6.45, 7) is 6.48. The van der Waals surface area contributed by atoms with E-state index >= 15 is 0 Å². The number of nitrogens with zero attached hydrogens (tertiary/aromatic N) is 1. The molecule has 3 aromatic carbocycles. The third-order valence-electron chi connectivity index (χ3n) is 6.47. The van der Waals surface area contributed by atoms with Crippen molar-refractivity contribution in [3.63, 3.8) is 0 Å². The van der Waals surface area contributed by atoms with Crippen molar-refractivity contribution >= 4 is 50.6 Å². The van der Waals surface area contributed by atoms with Gasteiger partial charge in [-0.2, -0.15) is 8.42 Å². The third-order valence-corrected chi connectivity index (χ3v) is 7.27. The molecular weight excluding hydrogens is 556 g/mol. The van der Waals surface area contributed by atoms with E-state index in [4.69, 9.17) is 4.55 Å². The van der Waals surface area contributed by atoms with Gasteiger partial charge in [-0.05, 0) is 66.1 Å². The Bertz CT molecular complexity index is 1510. The molecule has 42 heavy (non-hydrogen) atoms. The minimum atomic E-state index is -4.00. The highest BCUT2D eigenvalue weighted by Crippen LogP contribution is 2.23. The van der Waals surface area contributed by atoms with Crippen molar-refractivity contribution in [2.45, 2.75) is 33.6 Å². The fourth-order valence-corrected chi connectivity index (χ4v) is 4.72. The van der Waals surface area contributed by atoms with Gasteiger partial charge in [-0.1, -0.05) is 20.8 Å². The van der Waals surface area contributed by atoms with Crippen LogP contribution in [0.25, 0.3) is 0 Å². The first-order valence-corrected chi connectivity index (χ1v) is 15.1. The molecular formula is C31H39N4O6S+. The van der Waals surface area contributed by atoms with Gasteiger partial charge >= 0.3 is 0 Å². The number of carbonyl (C=O) groups is 3. The van der Waals surface area contributed by atoms with Crippen LogP contribution < -0.4 is 20.4 Å². The summed E-state index contributed by atoms with van der Waals surface area (Å²) in [5, 5.41) is 8.48. The number of benzene rings is 3. The number of rotatable bonds is 11. The molecule has 0 heterocycles. The highest BCUT2D eigenvalue weighted by Gasteiger charge is 2.20. The van der Waals surface area contributed by atoms with Gasteiger partial charge in [-0.15, -0.1) is 0 Å². The average Bonchev–Trinajstić information content (AvgIpc) is 2.88. The van der Waals surface area contributed by atoms with Crippen LogP contribution in [-0.4, -0.2) is 57.1 Å². The minimum Gasteiger partial charge on any atom is -0.326 e. The van der Waals surface area contributed by atoms with Crippen LogP contribution in [0.4, 0.5) is 22.7 Å². The molecule has 4 N–H and O–H groups in total. The van der Waals surface area contributed by atoms with Crippen LogP contribution in [0, 0.1) is 5.41 Å². The molecule has 0 fully saturated rings. The number of hydrogen-bond donors (Lipinski definition) is 4. The van der Waals surface area contributed by atoms with E-state index in [9.17, 15) is 22.8 Å². The summed E-state index contributed by atoms with van der Waals surface area (Å²) in [7, 11) is -0.132. The van der Waals surface area contributed by atoms with Crippen LogP contribution in [-0.2, 0) is 14.9 Å². The maximum atomic E-state index is 12.8. The molecule has 0 spiro atoms. The predicted octanol–water partition coefficient (Wildman–Crippen LogP) is 5.41. The van der Waals surface area contributed by atoms with Crippen LogP contribution in [0.1, 0.15) is 54.3 Å². The second-order valence-corrected chi connectivity index (χ2v) is 13.5. The Morgan fingerprint density at radius 3 is 1.52 bits per heavy atom. The largest absolute Gasteiger partial charge is 0.326 e. The Hall–Kier alpha value is -4.06. The minimum absolute atomic E-state index is 0.0875. The van der Waals surface area contributed by atoms with Crippen LogP contribution in [0.2, 0.25) is 0 Å². The first kappa shape index (κ1) is 32.5. The zero-order valence-corrected chi connectivity index (χ0v) is 25.4. The monoisotopic (exact) mass is 595 g/mol. The molecule has 0 bridgehead atoms. The van der Waals surface area contributed by atoms with E-state index in [-0.39, 0.29) is 28.9 Å². The molecule has 10 nitrogen and oxygen atoms in total. The van der Waals surface area contributed by atoms with Gasteiger partial charge in [0.15, 0.2) is 0 Å². The lowest BCUT2D eigenvalue weighted by Gasteiger charge is -2.29. The molecule has 3 aromatic rings. The molecule has 11 heteroatoms. The van der Waals surface area contributed by atoms with Crippen LogP contribution in [0.3, 0.4) is 0 Å². The molecule has 0 radical (unpaired) electrons. The van der Waals surface area contributed by atoms with Gasteiger partial charge in [0.25, 0.3) is 21.9 Å². The highest BCUT2D eigenvalue weighted by atomic mass is 32.2. The summed E-state index contributed by atoms with van der Waals surface area (Å²) in [5.41, 5.74) is 3.37. The number of anilines is 3. The SMILES string of the molecule is CC(C)(C)CC(=O)Nc1ccc(C(=O)Nc2ccc(C(=O)Nc3ccc([N+](C)(C)CCCS(=O)(=O)O)cc3)cc2)cc1. The number of carbonyl (C=O) groups excluding carboxylic acids is 3. The van der Waals surface area contributed by atoms with E-state index in [0.29, 0.717) is 52.1 Å². The summed E-state index contributed by atoms with van der Waals surface area (Å²) in [5.74, 6) is -1.02. The molecule has 0 aliphatic heterocycles. The number of nitrogens with one attached hydrogen (secondary N) is 3. The van der Waals surface area contributed by atoms with E-state index < -0.39 is 10.1 Å². The van der Waals surface area contributed by atoms with Gasteiger partial charge in [0.05, 0.1) is 26.4 Å². The smallest absolute Gasteiger partial charge is 0.265 e. The van der Waals surface area contributed by atoms with Crippen molar-refractivity contribution in [2.75, 3.05) is 42.3 Å². The predicted molar refractivity (Wildman–Crippen MR) is 167 cm³/mol.